The van der Waals surface area contributed by atoms with Crippen molar-refractivity contribution < 1.29 is 23.6 Å². The predicted molar refractivity (Wildman–Crippen MR) is 134 cm³/mol. The summed E-state index contributed by atoms with van der Waals surface area (Å²) in [6.45, 7) is 3.92. The number of carbonyl (C=O) groups excluding carboxylic acids is 2. The number of para-hydroxylation sites is 1. The van der Waals surface area contributed by atoms with Gasteiger partial charge in [0.25, 0.3) is 0 Å². The van der Waals surface area contributed by atoms with Crippen LogP contribution in [0.3, 0.4) is 0 Å². The van der Waals surface area contributed by atoms with Gasteiger partial charge in [0.1, 0.15) is 18.1 Å². The van der Waals surface area contributed by atoms with E-state index in [1.165, 1.54) is 0 Å². The molecule has 0 aliphatic rings. The van der Waals surface area contributed by atoms with E-state index in [9.17, 15) is 9.59 Å². The molecule has 0 aliphatic carbocycles. The summed E-state index contributed by atoms with van der Waals surface area (Å²) in [4.78, 5) is 29.9. The van der Waals surface area contributed by atoms with Gasteiger partial charge >= 0.3 is 5.97 Å². The Balaban J connectivity index is 1.39. The lowest BCUT2D eigenvalue weighted by molar-refractivity contribution is 0.0280. The molecule has 0 saturated heterocycles. The van der Waals surface area contributed by atoms with Crippen molar-refractivity contribution in [2.75, 3.05) is 0 Å². The first-order chi connectivity index (χ1) is 17.5. The van der Waals surface area contributed by atoms with Crippen molar-refractivity contribution in [1.82, 2.24) is 10.1 Å². The zero-order valence-corrected chi connectivity index (χ0v) is 19.9. The minimum absolute atomic E-state index is 0.255. The standard InChI is InChI=1S/C29H24N2O5/c1-18-25(19(2)36-31-18)17-34-22-12-8-11-21(15-22)29(33)35-28(20-9-4-3-5-10-20)27(32)24-16-30-26-14-7-6-13-23(24)26/h3-16,28,30H,17H2,1-2H3. The Hall–Kier alpha value is -4.65. The Morgan fingerprint density at radius 3 is 2.53 bits per heavy atom. The zero-order chi connectivity index (χ0) is 25.1. The SMILES string of the molecule is Cc1noc(C)c1COc1cccc(C(=O)OC(C(=O)c2c[nH]c3ccccc23)c2ccccc2)c1. The van der Waals surface area contributed by atoms with Gasteiger partial charge in [0.05, 0.1) is 16.8 Å². The van der Waals surface area contributed by atoms with Gasteiger partial charge in [0.2, 0.25) is 5.78 Å². The molecule has 1 atom stereocenters. The summed E-state index contributed by atoms with van der Waals surface area (Å²) in [6.07, 6.45) is 0.546. The van der Waals surface area contributed by atoms with Gasteiger partial charge in [0, 0.05) is 28.2 Å². The first-order valence-corrected chi connectivity index (χ1v) is 11.5. The number of Topliss-reactive ketones (excluding diaryl/α,β-unsaturated/α-hetero) is 1. The van der Waals surface area contributed by atoms with Crippen molar-refractivity contribution in [3.05, 3.63) is 119 Å². The van der Waals surface area contributed by atoms with Gasteiger partial charge in [-0.25, -0.2) is 4.79 Å². The van der Waals surface area contributed by atoms with E-state index >= 15 is 0 Å². The van der Waals surface area contributed by atoms with Crippen LogP contribution in [-0.2, 0) is 11.3 Å². The van der Waals surface area contributed by atoms with Crippen molar-refractivity contribution in [2.24, 2.45) is 0 Å². The quantitative estimate of drug-likeness (QED) is 0.212. The van der Waals surface area contributed by atoms with Gasteiger partial charge in [-0.15, -0.1) is 0 Å². The summed E-state index contributed by atoms with van der Waals surface area (Å²) in [5, 5.41) is 4.70. The number of esters is 1. The van der Waals surface area contributed by atoms with Gasteiger partial charge in [0.15, 0.2) is 6.10 Å². The van der Waals surface area contributed by atoms with Crippen LogP contribution in [0.25, 0.3) is 10.9 Å². The van der Waals surface area contributed by atoms with E-state index in [-0.39, 0.29) is 18.0 Å². The fraction of sp³-hybridized carbons (Fsp3) is 0.138. The lowest BCUT2D eigenvalue weighted by atomic mass is 9.99. The number of ketones is 1. The van der Waals surface area contributed by atoms with E-state index in [1.54, 1.807) is 42.6 Å². The second kappa shape index (κ2) is 9.92. The maximum Gasteiger partial charge on any atom is 0.339 e. The van der Waals surface area contributed by atoms with Crippen LogP contribution in [-0.4, -0.2) is 21.9 Å². The van der Waals surface area contributed by atoms with Crippen LogP contribution in [0.4, 0.5) is 0 Å². The van der Waals surface area contributed by atoms with Crippen molar-refractivity contribution in [3.63, 3.8) is 0 Å². The van der Waals surface area contributed by atoms with Gasteiger partial charge in [-0.3, -0.25) is 4.79 Å². The number of ether oxygens (including phenoxy) is 2. The Labute approximate surface area is 207 Å². The number of H-pyrrole nitrogens is 1. The molecule has 0 bridgehead atoms. The van der Waals surface area contributed by atoms with Gasteiger partial charge in [-0.05, 0) is 38.1 Å². The number of aromatic nitrogens is 2. The first-order valence-electron chi connectivity index (χ1n) is 11.5. The van der Waals surface area contributed by atoms with Crippen LogP contribution in [0.2, 0.25) is 0 Å². The molecule has 3 aromatic carbocycles. The first kappa shape index (κ1) is 23.1. The van der Waals surface area contributed by atoms with E-state index in [0.29, 0.717) is 22.6 Å². The number of carbonyl (C=O) groups is 2. The molecule has 0 aliphatic heterocycles. The number of benzene rings is 3. The third kappa shape index (κ3) is 4.63. The number of hydrogen-bond donors (Lipinski definition) is 1. The Bertz CT molecular complexity index is 1510. The third-order valence-corrected chi connectivity index (χ3v) is 6.05. The highest BCUT2D eigenvalue weighted by Crippen LogP contribution is 2.28. The predicted octanol–water partition coefficient (Wildman–Crippen LogP) is 6.13. The lowest BCUT2D eigenvalue weighted by Gasteiger charge is -2.17. The number of fused-ring (bicyclic) bond motifs is 1. The molecule has 7 heteroatoms. The highest BCUT2D eigenvalue weighted by atomic mass is 16.5. The van der Waals surface area contributed by atoms with Crippen LogP contribution in [0, 0.1) is 13.8 Å². The average molecular weight is 481 g/mol. The molecule has 7 nitrogen and oxygen atoms in total. The van der Waals surface area contributed by atoms with Crippen LogP contribution in [0.5, 0.6) is 5.75 Å². The maximum atomic E-state index is 13.6. The molecule has 0 radical (unpaired) electrons. The molecule has 1 N–H and O–H groups in total. The van der Waals surface area contributed by atoms with E-state index in [1.807, 2.05) is 56.3 Å². The minimum Gasteiger partial charge on any atom is -0.489 e. The molecule has 2 aromatic heterocycles. The Morgan fingerprint density at radius 1 is 0.972 bits per heavy atom. The summed E-state index contributed by atoms with van der Waals surface area (Å²) in [5.74, 6) is 0.242. The number of hydrogen-bond acceptors (Lipinski definition) is 6. The van der Waals surface area contributed by atoms with Crippen molar-refractivity contribution in [2.45, 2.75) is 26.6 Å². The maximum absolute atomic E-state index is 13.6. The van der Waals surface area contributed by atoms with Gasteiger partial charge in [-0.2, -0.15) is 0 Å². The molecule has 0 spiro atoms. The fourth-order valence-electron chi connectivity index (χ4n) is 4.07. The van der Waals surface area contributed by atoms with Crippen LogP contribution in [0.15, 0.2) is 89.6 Å². The number of rotatable bonds is 8. The van der Waals surface area contributed by atoms with Gasteiger partial charge in [-0.1, -0.05) is 59.8 Å². The molecule has 0 fully saturated rings. The molecule has 36 heavy (non-hydrogen) atoms. The van der Waals surface area contributed by atoms with Gasteiger partial charge < -0.3 is 19.0 Å². The summed E-state index contributed by atoms with van der Waals surface area (Å²) < 4.78 is 16.9. The van der Waals surface area contributed by atoms with E-state index in [0.717, 1.165) is 22.2 Å². The van der Waals surface area contributed by atoms with E-state index in [4.69, 9.17) is 14.0 Å². The van der Waals surface area contributed by atoms with Crippen molar-refractivity contribution in [3.8, 4) is 5.75 Å². The van der Waals surface area contributed by atoms with Crippen LogP contribution in [0.1, 0.15) is 49.4 Å². The highest BCUT2D eigenvalue weighted by molar-refractivity contribution is 6.11. The van der Waals surface area contributed by atoms with E-state index < -0.39 is 12.1 Å². The monoisotopic (exact) mass is 480 g/mol. The normalized spacial score (nSPS) is 11.8. The summed E-state index contributed by atoms with van der Waals surface area (Å²) in [5.41, 5.74) is 3.78. The molecule has 5 rings (SSSR count). The highest BCUT2D eigenvalue weighted by Gasteiger charge is 2.28. The molecule has 0 saturated carbocycles. The Kier molecular flexibility index (Phi) is 6.36. The number of aromatic amines is 1. The van der Waals surface area contributed by atoms with Crippen molar-refractivity contribution >= 4 is 22.7 Å². The third-order valence-electron chi connectivity index (χ3n) is 6.05. The number of nitrogens with one attached hydrogen (secondary N) is 1. The fourth-order valence-corrected chi connectivity index (χ4v) is 4.07. The Morgan fingerprint density at radius 2 is 1.75 bits per heavy atom. The summed E-state index contributed by atoms with van der Waals surface area (Å²) in [6, 6.07) is 23.2. The van der Waals surface area contributed by atoms with Crippen LogP contribution < -0.4 is 4.74 Å². The molecule has 1 unspecified atom stereocenters. The molecule has 0 amide bonds. The topological polar surface area (TPSA) is 94.4 Å². The minimum atomic E-state index is -1.11. The number of nitrogens with zero attached hydrogens (tertiary/aromatic N) is 1. The summed E-state index contributed by atoms with van der Waals surface area (Å²) in [7, 11) is 0. The second-order valence-electron chi connectivity index (χ2n) is 8.43. The molecule has 180 valence electrons. The largest absolute Gasteiger partial charge is 0.489 e. The molecule has 2 heterocycles. The van der Waals surface area contributed by atoms with Crippen molar-refractivity contribution in [1.29, 1.82) is 0 Å². The smallest absolute Gasteiger partial charge is 0.339 e. The molecule has 5 aromatic rings. The molecular weight excluding hydrogens is 456 g/mol. The lowest BCUT2D eigenvalue weighted by Crippen LogP contribution is -2.20. The second-order valence-corrected chi connectivity index (χ2v) is 8.43. The number of aryl methyl sites for hydroxylation is 2. The summed E-state index contributed by atoms with van der Waals surface area (Å²) >= 11 is 0. The van der Waals surface area contributed by atoms with Crippen LogP contribution >= 0.6 is 0 Å². The van der Waals surface area contributed by atoms with E-state index in [2.05, 4.69) is 10.1 Å². The molecular formula is C29H24N2O5. The zero-order valence-electron chi connectivity index (χ0n) is 19.9. The average Bonchev–Trinajstić information content (AvgIpc) is 3.48.